The van der Waals surface area contributed by atoms with Crippen molar-refractivity contribution in [3.63, 3.8) is 0 Å². The molecule has 1 aromatic heterocycles. The molecule has 1 amide bonds. The van der Waals surface area contributed by atoms with Gasteiger partial charge in [0.1, 0.15) is 5.75 Å². The van der Waals surface area contributed by atoms with Crippen LogP contribution in [0.2, 0.25) is 0 Å². The monoisotopic (exact) mass is 413 g/mol. The molecule has 1 aliphatic rings. The van der Waals surface area contributed by atoms with Crippen molar-refractivity contribution in [1.82, 2.24) is 4.98 Å². The number of H-pyrrole nitrogens is 1. The number of nitrogens with zero attached hydrogens (tertiary/aromatic N) is 1. The van der Waals surface area contributed by atoms with Crippen LogP contribution in [0.3, 0.4) is 0 Å². The van der Waals surface area contributed by atoms with Gasteiger partial charge in [0.15, 0.2) is 0 Å². The van der Waals surface area contributed by atoms with E-state index in [4.69, 9.17) is 10.00 Å². The van der Waals surface area contributed by atoms with Crippen LogP contribution in [-0.2, 0) is 17.4 Å². The second-order valence-electron chi connectivity index (χ2n) is 7.27. The molecule has 1 aliphatic carbocycles. The van der Waals surface area contributed by atoms with E-state index in [1.54, 1.807) is 6.20 Å². The van der Waals surface area contributed by atoms with Gasteiger partial charge >= 0.3 is 6.18 Å². The van der Waals surface area contributed by atoms with Crippen molar-refractivity contribution < 1.29 is 22.7 Å². The second kappa shape index (κ2) is 7.75. The summed E-state index contributed by atoms with van der Waals surface area (Å²) in [5.74, 6) is -0.234. The summed E-state index contributed by atoms with van der Waals surface area (Å²) in [6, 6.07) is 12.5. The van der Waals surface area contributed by atoms with Crippen LogP contribution in [0, 0.1) is 23.2 Å². The standard InChI is InChI=1S/C22H18F3N3O2/c23-22(24,25)15-2-4-16(5-3-15)30-8-7-13-1-6-19-18(9-13)20(12-27-19)28-21(29)17-10-14(17)11-26/h1-6,9,12,14,17,27H,7-8,10H2,(H,28,29)/t14-,17-/m0/s1. The summed E-state index contributed by atoms with van der Waals surface area (Å²) < 4.78 is 43.4. The van der Waals surface area contributed by atoms with Crippen molar-refractivity contribution in [3.05, 3.63) is 59.8 Å². The summed E-state index contributed by atoms with van der Waals surface area (Å²) >= 11 is 0. The Hall–Kier alpha value is -3.47. The highest BCUT2D eigenvalue weighted by Crippen LogP contribution is 2.39. The number of nitrogens with one attached hydrogen (secondary N) is 2. The molecule has 2 N–H and O–H groups in total. The number of halogens is 3. The number of amides is 1. The summed E-state index contributed by atoms with van der Waals surface area (Å²) in [5.41, 5.74) is 1.77. The van der Waals surface area contributed by atoms with Crippen molar-refractivity contribution in [1.29, 1.82) is 5.26 Å². The topological polar surface area (TPSA) is 77.9 Å². The van der Waals surface area contributed by atoms with Gasteiger partial charge in [-0.3, -0.25) is 4.79 Å². The number of aromatic nitrogens is 1. The molecule has 0 radical (unpaired) electrons. The highest BCUT2D eigenvalue weighted by atomic mass is 19.4. The molecule has 1 heterocycles. The van der Waals surface area contributed by atoms with Gasteiger partial charge in [0, 0.05) is 23.5 Å². The zero-order valence-corrected chi connectivity index (χ0v) is 15.8. The maximum atomic E-state index is 12.6. The molecule has 30 heavy (non-hydrogen) atoms. The lowest BCUT2D eigenvalue weighted by molar-refractivity contribution is -0.137. The maximum Gasteiger partial charge on any atom is 0.416 e. The van der Waals surface area contributed by atoms with Gasteiger partial charge in [0.2, 0.25) is 5.91 Å². The number of hydrogen-bond acceptors (Lipinski definition) is 3. The third kappa shape index (κ3) is 4.25. The molecule has 0 unspecified atom stereocenters. The summed E-state index contributed by atoms with van der Waals surface area (Å²) in [6.45, 7) is 0.301. The minimum absolute atomic E-state index is 0.154. The van der Waals surface area contributed by atoms with Crippen LogP contribution in [0.25, 0.3) is 10.9 Å². The Morgan fingerprint density at radius 2 is 2.00 bits per heavy atom. The highest BCUT2D eigenvalue weighted by molar-refractivity contribution is 6.03. The molecule has 8 heteroatoms. The molecule has 154 valence electrons. The lowest BCUT2D eigenvalue weighted by Crippen LogP contribution is -2.14. The number of carbonyl (C=O) groups excluding carboxylic acids is 1. The van der Waals surface area contributed by atoms with Gasteiger partial charge in [-0.25, -0.2) is 0 Å². The Labute approximate surface area is 170 Å². The van der Waals surface area contributed by atoms with E-state index in [1.165, 1.54) is 12.1 Å². The number of anilines is 1. The van der Waals surface area contributed by atoms with E-state index in [1.807, 2.05) is 18.2 Å². The molecule has 2 aromatic carbocycles. The fourth-order valence-electron chi connectivity index (χ4n) is 3.31. The number of nitriles is 1. The van der Waals surface area contributed by atoms with Crippen LogP contribution in [0.1, 0.15) is 17.5 Å². The first kappa shape index (κ1) is 19.8. The summed E-state index contributed by atoms with van der Waals surface area (Å²) in [6.07, 6.45) is -1.51. The first-order chi connectivity index (χ1) is 14.3. The zero-order chi connectivity index (χ0) is 21.3. The van der Waals surface area contributed by atoms with Crippen LogP contribution < -0.4 is 10.1 Å². The average molecular weight is 413 g/mol. The van der Waals surface area contributed by atoms with Crippen molar-refractivity contribution >= 4 is 22.5 Å². The van der Waals surface area contributed by atoms with E-state index in [0.29, 0.717) is 30.9 Å². The molecule has 3 aromatic rings. The predicted octanol–water partition coefficient (Wildman–Crippen LogP) is 4.91. The molecule has 0 spiro atoms. The lowest BCUT2D eigenvalue weighted by Gasteiger charge is -2.09. The second-order valence-corrected chi connectivity index (χ2v) is 7.27. The number of rotatable bonds is 6. The van der Waals surface area contributed by atoms with E-state index >= 15 is 0 Å². The zero-order valence-electron chi connectivity index (χ0n) is 15.8. The molecule has 4 rings (SSSR count). The third-order valence-electron chi connectivity index (χ3n) is 5.14. The van der Waals surface area contributed by atoms with Gasteiger partial charge in [-0.05, 0) is 48.4 Å². The summed E-state index contributed by atoms with van der Waals surface area (Å²) in [4.78, 5) is 15.3. The van der Waals surface area contributed by atoms with Crippen LogP contribution in [0.4, 0.5) is 18.9 Å². The van der Waals surface area contributed by atoms with Gasteiger partial charge in [0.05, 0.1) is 35.8 Å². The largest absolute Gasteiger partial charge is 0.493 e. The number of hydrogen-bond donors (Lipinski definition) is 2. The molecule has 2 atom stereocenters. The van der Waals surface area contributed by atoms with E-state index in [-0.39, 0.29) is 17.7 Å². The van der Waals surface area contributed by atoms with Crippen LogP contribution in [-0.4, -0.2) is 17.5 Å². The highest BCUT2D eigenvalue weighted by Gasteiger charge is 2.43. The fraction of sp³-hybridized carbons (Fsp3) is 0.273. The quantitative estimate of drug-likeness (QED) is 0.603. The molecular weight excluding hydrogens is 395 g/mol. The Balaban J connectivity index is 1.38. The minimum Gasteiger partial charge on any atom is -0.493 e. The van der Waals surface area contributed by atoms with Gasteiger partial charge in [-0.2, -0.15) is 18.4 Å². The van der Waals surface area contributed by atoms with Gasteiger partial charge < -0.3 is 15.0 Å². The van der Waals surface area contributed by atoms with Crippen LogP contribution in [0.15, 0.2) is 48.7 Å². The number of benzene rings is 2. The van der Waals surface area contributed by atoms with E-state index in [9.17, 15) is 18.0 Å². The first-order valence-corrected chi connectivity index (χ1v) is 9.45. The summed E-state index contributed by atoms with van der Waals surface area (Å²) in [5, 5.41) is 12.6. The maximum absolute atomic E-state index is 12.6. The SMILES string of the molecule is N#C[C@@H]1C[C@@H]1C(=O)Nc1c[nH]c2ccc(CCOc3ccc(C(F)(F)F)cc3)cc12. The van der Waals surface area contributed by atoms with Crippen molar-refractivity contribution in [2.45, 2.75) is 19.0 Å². The number of carbonyl (C=O) groups is 1. The van der Waals surface area contributed by atoms with Crippen LogP contribution in [0.5, 0.6) is 5.75 Å². The van der Waals surface area contributed by atoms with Crippen molar-refractivity contribution in [2.75, 3.05) is 11.9 Å². The molecular formula is C22H18F3N3O2. The minimum atomic E-state index is -4.37. The van der Waals surface area contributed by atoms with Crippen molar-refractivity contribution in [3.8, 4) is 11.8 Å². The predicted molar refractivity (Wildman–Crippen MR) is 105 cm³/mol. The first-order valence-electron chi connectivity index (χ1n) is 9.45. The Morgan fingerprint density at radius 3 is 2.67 bits per heavy atom. The molecule has 5 nitrogen and oxygen atoms in total. The number of fused-ring (bicyclic) bond motifs is 1. The normalized spacial score (nSPS) is 18.1. The number of aromatic amines is 1. The number of alkyl halides is 3. The number of ether oxygens (including phenoxy) is 1. The molecule has 0 bridgehead atoms. The third-order valence-corrected chi connectivity index (χ3v) is 5.14. The Bertz CT molecular complexity index is 1110. The van der Waals surface area contributed by atoms with Gasteiger partial charge in [-0.15, -0.1) is 0 Å². The Morgan fingerprint density at radius 1 is 1.23 bits per heavy atom. The average Bonchev–Trinajstić information content (AvgIpc) is 3.42. The Kier molecular flexibility index (Phi) is 5.12. The van der Waals surface area contributed by atoms with Gasteiger partial charge in [-0.1, -0.05) is 6.07 Å². The molecule has 0 aliphatic heterocycles. The van der Waals surface area contributed by atoms with Gasteiger partial charge in [0.25, 0.3) is 0 Å². The fourth-order valence-corrected chi connectivity index (χ4v) is 3.31. The van der Waals surface area contributed by atoms with Crippen LogP contribution >= 0.6 is 0 Å². The molecule has 1 fully saturated rings. The van der Waals surface area contributed by atoms with E-state index in [0.717, 1.165) is 28.6 Å². The van der Waals surface area contributed by atoms with E-state index in [2.05, 4.69) is 16.4 Å². The summed E-state index contributed by atoms with van der Waals surface area (Å²) in [7, 11) is 0. The molecule has 0 saturated heterocycles. The van der Waals surface area contributed by atoms with E-state index < -0.39 is 11.7 Å². The van der Waals surface area contributed by atoms with Crippen molar-refractivity contribution in [2.24, 2.45) is 11.8 Å². The lowest BCUT2D eigenvalue weighted by atomic mass is 10.1. The molecule has 1 saturated carbocycles. The smallest absolute Gasteiger partial charge is 0.416 e.